The lowest BCUT2D eigenvalue weighted by molar-refractivity contribution is 0.0530. The normalized spacial score (nSPS) is 20.8. The van der Waals surface area contributed by atoms with Crippen LogP contribution in [0.15, 0.2) is 40.8 Å². The Morgan fingerprint density at radius 1 is 1.10 bits per heavy atom. The van der Waals surface area contributed by atoms with Gasteiger partial charge in [-0.05, 0) is 49.2 Å². The van der Waals surface area contributed by atoms with Gasteiger partial charge in [0.15, 0.2) is 5.76 Å². The summed E-state index contributed by atoms with van der Waals surface area (Å²) in [4.78, 5) is 19.5. The van der Waals surface area contributed by atoms with Gasteiger partial charge in [-0.2, -0.15) is 0 Å². The Morgan fingerprint density at radius 3 is 2.59 bits per heavy atom. The minimum absolute atomic E-state index is 0.0398. The van der Waals surface area contributed by atoms with Crippen LogP contribution in [0, 0.1) is 5.82 Å². The number of hydrogen-bond donors (Lipinski definition) is 0. The number of ether oxygens (including phenoxy) is 1. The van der Waals surface area contributed by atoms with Crippen molar-refractivity contribution in [2.45, 2.75) is 25.5 Å². The molecule has 0 N–H and O–H groups in total. The first-order valence-corrected chi connectivity index (χ1v) is 10.3. The van der Waals surface area contributed by atoms with Gasteiger partial charge in [-0.1, -0.05) is 0 Å². The molecule has 2 saturated heterocycles. The summed E-state index contributed by atoms with van der Waals surface area (Å²) in [5.74, 6) is 0.812. The lowest BCUT2D eigenvalue weighted by Crippen LogP contribution is -2.55. The number of anilines is 1. The summed E-state index contributed by atoms with van der Waals surface area (Å²) in [6, 6.07) is 10.6. The molecule has 1 atom stereocenters. The molecule has 6 nitrogen and oxygen atoms in total. The summed E-state index contributed by atoms with van der Waals surface area (Å²) in [5, 5.41) is 0. The Bertz CT molecular complexity index is 815. The highest BCUT2D eigenvalue weighted by molar-refractivity contribution is 5.91. The van der Waals surface area contributed by atoms with Crippen molar-refractivity contribution in [1.82, 2.24) is 9.80 Å². The van der Waals surface area contributed by atoms with E-state index < -0.39 is 0 Å². The smallest absolute Gasteiger partial charge is 0.289 e. The number of carbonyl (C=O) groups excluding carboxylic acids is 1. The van der Waals surface area contributed by atoms with E-state index in [2.05, 4.69) is 9.80 Å². The molecule has 1 aromatic carbocycles. The first kappa shape index (κ1) is 19.9. The summed E-state index contributed by atoms with van der Waals surface area (Å²) in [6.07, 6.45) is 2.10. The highest BCUT2D eigenvalue weighted by Crippen LogP contribution is 2.23. The van der Waals surface area contributed by atoms with Crippen LogP contribution in [-0.4, -0.2) is 68.1 Å². The fourth-order valence-corrected chi connectivity index (χ4v) is 4.30. The molecule has 0 aliphatic carbocycles. The van der Waals surface area contributed by atoms with Gasteiger partial charge in [0.25, 0.3) is 5.91 Å². The summed E-state index contributed by atoms with van der Waals surface area (Å²) in [5.41, 5.74) is 1.07. The number of likely N-dealkylation sites (tertiary alicyclic amines) is 1. The number of halogens is 1. The van der Waals surface area contributed by atoms with Crippen molar-refractivity contribution in [1.29, 1.82) is 0 Å². The SMILES string of the molecule is COCc1ccc(C(=O)N2CCC[C@H](N3CCN(c4ccc(F)cc4)CC3)C2)o1. The highest BCUT2D eigenvalue weighted by atomic mass is 19.1. The number of rotatable bonds is 5. The minimum Gasteiger partial charge on any atom is -0.453 e. The molecule has 2 aliphatic rings. The van der Waals surface area contributed by atoms with E-state index >= 15 is 0 Å². The number of piperidine rings is 1. The average Bonchev–Trinajstić information content (AvgIpc) is 3.23. The van der Waals surface area contributed by atoms with Gasteiger partial charge >= 0.3 is 0 Å². The summed E-state index contributed by atoms with van der Waals surface area (Å²) >= 11 is 0. The number of benzene rings is 1. The van der Waals surface area contributed by atoms with E-state index in [9.17, 15) is 9.18 Å². The first-order valence-electron chi connectivity index (χ1n) is 10.3. The van der Waals surface area contributed by atoms with Gasteiger partial charge in [-0.25, -0.2) is 4.39 Å². The molecular weight excluding hydrogens is 373 g/mol. The quantitative estimate of drug-likeness (QED) is 0.771. The van der Waals surface area contributed by atoms with Crippen molar-refractivity contribution >= 4 is 11.6 Å². The van der Waals surface area contributed by atoms with Gasteiger partial charge in [-0.3, -0.25) is 9.69 Å². The Hall–Kier alpha value is -2.38. The Balaban J connectivity index is 1.32. The molecule has 29 heavy (non-hydrogen) atoms. The van der Waals surface area contributed by atoms with Crippen molar-refractivity contribution in [2.75, 3.05) is 51.3 Å². The highest BCUT2D eigenvalue weighted by Gasteiger charge is 2.31. The van der Waals surface area contributed by atoms with E-state index in [1.54, 1.807) is 19.2 Å². The number of carbonyl (C=O) groups is 1. The molecule has 3 heterocycles. The molecule has 2 fully saturated rings. The topological polar surface area (TPSA) is 49.2 Å². The van der Waals surface area contributed by atoms with Crippen LogP contribution in [0.2, 0.25) is 0 Å². The van der Waals surface area contributed by atoms with Gasteiger partial charge in [0.2, 0.25) is 0 Å². The average molecular weight is 401 g/mol. The Labute approximate surface area is 170 Å². The van der Waals surface area contributed by atoms with E-state index in [0.29, 0.717) is 24.2 Å². The Kier molecular flexibility index (Phi) is 6.16. The lowest BCUT2D eigenvalue weighted by Gasteiger charge is -2.43. The van der Waals surface area contributed by atoms with Crippen LogP contribution >= 0.6 is 0 Å². The van der Waals surface area contributed by atoms with E-state index in [1.165, 1.54) is 12.1 Å². The van der Waals surface area contributed by atoms with Crippen LogP contribution < -0.4 is 4.90 Å². The van der Waals surface area contributed by atoms with Gasteiger partial charge in [0, 0.05) is 58.1 Å². The molecule has 0 radical (unpaired) electrons. The maximum atomic E-state index is 13.2. The van der Waals surface area contributed by atoms with Crippen LogP contribution in [0.25, 0.3) is 0 Å². The molecule has 0 bridgehead atoms. The second-order valence-electron chi connectivity index (χ2n) is 7.75. The molecule has 156 valence electrons. The zero-order chi connectivity index (χ0) is 20.2. The number of piperazine rings is 1. The molecule has 2 aliphatic heterocycles. The summed E-state index contributed by atoms with van der Waals surface area (Å²) < 4.78 is 23.8. The van der Waals surface area contributed by atoms with Crippen LogP contribution in [0.4, 0.5) is 10.1 Å². The molecule has 2 aromatic rings. The number of nitrogens with zero attached hydrogens (tertiary/aromatic N) is 3. The number of amides is 1. The lowest BCUT2D eigenvalue weighted by atomic mass is 10.0. The van der Waals surface area contributed by atoms with Crippen molar-refractivity contribution in [3.8, 4) is 0 Å². The largest absolute Gasteiger partial charge is 0.453 e. The second-order valence-corrected chi connectivity index (χ2v) is 7.75. The molecule has 1 aromatic heterocycles. The van der Waals surface area contributed by atoms with E-state index in [0.717, 1.165) is 57.8 Å². The fraction of sp³-hybridized carbons (Fsp3) is 0.500. The van der Waals surface area contributed by atoms with Gasteiger partial charge in [0.1, 0.15) is 18.2 Å². The Morgan fingerprint density at radius 2 is 1.86 bits per heavy atom. The predicted molar refractivity (Wildman–Crippen MR) is 109 cm³/mol. The predicted octanol–water partition coefficient (Wildman–Crippen LogP) is 2.99. The molecule has 0 saturated carbocycles. The van der Waals surface area contributed by atoms with Crippen LogP contribution in [0.1, 0.15) is 29.2 Å². The van der Waals surface area contributed by atoms with Crippen LogP contribution in [0.3, 0.4) is 0 Å². The van der Waals surface area contributed by atoms with Crippen molar-refractivity contribution < 1.29 is 18.3 Å². The second kappa shape index (κ2) is 8.97. The first-order chi connectivity index (χ1) is 14.1. The number of hydrogen-bond acceptors (Lipinski definition) is 5. The summed E-state index contributed by atoms with van der Waals surface area (Å²) in [6.45, 7) is 5.59. The monoisotopic (exact) mass is 401 g/mol. The fourth-order valence-electron chi connectivity index (χ4n) is 4.30. The maximum Gasteiger partial charge on any atom is 0.289 e. The molecule has 0 spiro atoms. The van der Waals surface area contributed by atoms with E-state index in [-0.39, 0.29) is 11.7 Å². The summed E-state index contributed by atoms with van der Waals surface area (Å²) in [7, 11) is 1.61. The van der Waals surface area contributed by atoms with Crippen molar-refractivity contribution in [2.24, 2.45) is 0 Å². The van der Waals surface area contributed by atoms with Crippen molar-refractivity contribution in [3.63, 3.8) is 0 Å². The zero-order valence-electron chi connectivity index (χ0n) is 16.8. The standard InChI is InChI=1S/C22H28FN3O3/c1-28-16-20-8-9-21(29-20)22(27)26-10-2-3-19(15-26)25-13-11-24(12-14-25)18-6-4-17(23)5-7-18/h4-9,19H,2-3,10-16H2,1H3/t19-/m0/s1. The molecule has 7 heteroatoms. The van der Waals surface area contributed by atoms with E-state index in [1.807, 2.05) is 17.0 Å². The van der Waals surface area contributed by atoms with Crippen LogP contribution in [-0.2, 0) is 11.3 Å². The van der Waals surface area contributed by atoms with Gasteiger partial charge in [0.05, 0.1) is 0 Å². The third-order valence-corrected chi connectivity index (χ3v) is 5.87. The number of methoxy groups -OCH3 is 1. The third-order valence-electron chi connectivity index (χ3n) is 5.87. The molecule has 0 unspecified atom stereocenters. The molecule has 1 amide bonds. The molecular formula is C22H28FN3O3. The maximum absolute atomic E-state index is 13.2. The third kappa shape index (κ3) is 4.62. The van der Waals surface area contributed by atoms with Gasteiger partial charge < -0.3 is 19.0 Å². The van der Waals surface area contributed by atoms with E-state index in [4.69, 9.17) is 9.15 Å². The molecule has 4 rings (SSSR count). The van der Waals surface area contributed by atoms with Crippen LogP contribution in [0.5, 0.6) is 0 Å². The minimum atomic E-state index is -0.203. The van der Waals surface area contributed by atoms with Gasteiger partial charge in [-0.15, -0.1) is 0 Å². The van der Waals surface area contributed by atoms with Crippen molar-refractivity contribution in [3.05, 3.63) is 53.7 Å². The number of furan rings is 1. The zero-order valence-corrected chi connectivity index (χ0v) is 16.8.